The fraction of sp³-hybridized carbons (Fsp3) is 0.684. The van der Waals surface area contributed by atoms with Gasteiger partial charge in [0, 0.05) is 57.4 Å². The topological polar surface area (TPSA) is 9.72 Å². The van der Waals surface area contributed by atoms with Crippen molar-refractivity contribution >= 4 is 5.69 Å². The SMILES string of the molecule is CCCC1CN(CC)c2ccc(CN3CCN(C)CC3)cc21. The van der Waals surface area contributed by atoms with Crippen molar-refractivity contribution in [1.29, 1.82) is 0 Å². The molecule has 122 valence electrons. The fourth-order valence-electron chi connectivity index (χ4n) is 3.94. The maximum atomic E-state index is 2.60. The third-order valence-electron chi connectivity index (χ3n) is 5.33. The molecule has 3 rings (SSSR count). The van der Waals surface area contributed by atoms with Crippen molar-refractivity contribution in [3.8, 4) is 0 Å². The van der Waals surface area contributed by atoms with Gasteiger partial charge in [-0.1, -0.05) is 25.5 Å². The summed E-state index contributed by atoms with van der Waals surface area (Å²) in [5.41, 5.74) is 4.60. The van der Waals surface area contributed by atoms with Gasteiger partial charge >= 0.3 is 0 Å². The predicted octanol–water partition coefficient (Wildman–Crippen LogP) is 3.16. The Labute approximate surface area is 135 Å². The van der Waals surface area contributed by atoms with Crippen molar-refractivity contribution in [1.82, 2.24) is 9.80 Å². The van der Waals surface area contributed by atoms with Gasteiger partial charge in [0.15, 0.2) is 0 Å². The molecule has 1 atom stereocenters. The molecule has 1 aromatic rings. The van der Waals surface area contributed by atoms with Crippen molar-refractivity contribution < 1.29 is 0 Å². The molecule has 0 aromatic heterocycles. The van der Waals surface area contributed by atoms with Crippen molar-refractivity contribution in [3.63, 3.8) is 0 Å². The summed E-state index contributed by atoms with van der Waals surface area (Å²) in [5.74, 6) is 0.743. The molecule has 0 spiro atoms. The molecule has 2 aliphatic heterocycles. The van der Waals surface area contributed by atoms with Crippen LogP contribution in [-0.4, -0.2) is 56.1 Å². The third-order valence-corrected chi connectivity index (χ3v) is 5.33. The Morgan fingerprint density at radius 1 is 1.09 bits per heavy atom. The predicted molar refractivity (Wildman–Crippen MR) is 94.8 cm³/mol. The molecule has 0 N–H and O–H groups in total. The highest BCUT2D eigenvalue weighted by atomic mass is 15.2. The van der Waals surface area contributed by atoms with E-state index < -0.39 is 0 Å². The first-order valence-corrected chi connectivity index (χ1v) is 9.00. The molecule has 2 aliphatic rings. The first-order chi connectivity index (χ1) is 10.7. The van der Waals surface area contributed by atoms with Gasteiger partial charge in [-0.15, -0.1) is 0 Å². The summed E-state index contributed by atoms with van der Waals surface area (Å²) < 4.78 is 0. The minimum Gasteiger partial charge on any atom is -0.371 e. The zero-order valence-corrected chi connectivity index (χ0v) is 14.5. The molecule has 1 saturated heterocycles. The molecular weight excluding hydrogens is 270 g/mol. The first-order valence-electron chi connectivity index (χ1n) is 9.00. The van der Waals surface area contributed by atoms with E-state index in [1.54, 1.807) is 5.56 Å². The second kappa shape index (κ2) is 7.01. The highest BCUT2D eigenvalue weighted by molar-refractivity contribution is 5.61. The Morgan fingerprint density at radius 2 is 1.86 bits per heavy atom. The van der Waals surface area contributed by atoms with Crippen LogP contribution in [0.5, 0.6) is 0 Å². The summed E-state index contributed by atoms with van der Waals surface area (Å²) in [7, 11) is 2.22. The van der Waals surface area contributed by atoms with E-state index in [1.807, 2.05) is 0 Å². The molecule has 2 heterocycles. The normalized spacial score (nSPS) is 23.0. The summed E-state index contributed by atoms with van der Waals surface area (Å²) in [6.07, 6.45) is 2.60. The van der Waals surface area contributed by atoms with Crippen LogP contribution < -0.4 is 4.90 Å². The van der Waals surface area contributed by atoms with Crippen molar-refractivity contribution in [3.05, 3.63) is 29.3 Å². The van der Waals surface area contributed by atoms with Crippen molar-refractivity contribution in [2.45, 2.75) is 39.2 Å². The molecule has 22 heavy (non-hydrogen) atoms. The molecule has 0 aliphatic carbocycles. The maximum Gasteiger partial charge on any atom is 0.0402 e. The molecule has 0 bridgehead atoms. The lowest BCUT2D eigenvalue weighted by Gasteiger charge is -2.32. The molecular formula is C19H31N3. The van der Waals surface area contributed by atoms with Crippen LogP contribution >= 0.6 is 0 Å². The maximum absolute atomic E-state index is 2.60. The summed E-state index contributed by atoms with van der Waals surface area (Å²) in [6, 6.07) is 7.23. The molecule has 0 saturated carbocycles. The number of rotatable bonds is 5. The highest BCUT2D eigenvalue weighted by Crippen LogP contribution is 2.39. The number of nitrogens with zero attached hydrogens (tertiary/aromatic N) is 3. The molecule has 0 radical (unpaired) electrons. The Morgan fingerprint density at radius 3 is 2.55 bits per heavy atom. The lowest BCUT2D eigenvalue weighted by Crippen LogP contribution is -2.43. The molecule has 3 nitrogen and oxygen atoms in total. The number of piperazine rings is 1. The van der Waals surface area contributed by atoms with Gasteiger partial charge < -0.3 is 9.80 Å². The van der Waals surface area contributed by atoms with Crippen LogP contribution in [0.2, 0.25) is 0 Å². The van der Waals surface area contributed by atoms with E-state index in [1.165, 1.54) is 56.8 Å². The minimum atomic E-state index is 0.743. The summed E-state index contributed by atoms with van der Waals surface area (Å²) in [6.45, 7) is 12.9. The number of hydrogen-bond acceptors (Lipinski definition) is 3. The van der Waals surface area contributed by atoms with E-state index in [-0.39, 0.29) is 0 Å². The third kappa shape index (κ3) is 3.31. The lowest BCUT2D eigenvalue weighted by molar-refractivity contribution is 0.148. The summed E-state index contributed by atoms with van der Waals surface area (Å²) in [4.78, 5) is 7.58. The van der Waals surface area contributed by atoms with E-state index in [4.69, 9.17) is 0 Å². The monoisotopic (exact) mass is 301 g/mol. The van der Waals surface area contributed by atoms with E-state index >= 15 is 0 Å². The van der Waals surface area contributed by atoms with E-state index in [0.717, 1.165) is 19.0 Å². The molecule has 0 amide bonds. The van der Waals surface area contributed by atoms with Crippen LogP contribution in [0.15, 0.2) is 18.2 Å². The smallest absolute Gasteiger partial charge is 0.0402 e. The molecule has 1 fully saturated rings. The van der Waals surface area contributed by atoms with Crippen LogP contribution in [0, 0.1) is 0 Å². The summed E-state index contributed by atoms with van der Waals surface area (Å²) in [5, 5.41) is 0. The van der Waals surface area contributed by atoms with Crippen LogP contribution in [0.4, 0.5) is 5.69 Å². The van der Waals surface area contributed by atoms with Gasteiger partial charge in [0.1, 0.15) is 0 Å². The highest BCUT2D eigenvalue weighted by Gasteiger charge is 2.27. The van der Waals surface area contributed by atoms with Crippen molar-refractivity contribution in [2.24, 2.45) is 0 Å². The average molecular weight is 301 g/mol. The fourth-order valence-corrected chi connectivity index (χ4v) is 3.94. The second-order valence-corrected chi connectivity index (χ2v) is 7.00. The Bertz CT molecular complexity index is 491. The largest absolute Gasteiger partial charge is 0.371 e. The first kappa shape index (κ1) is 15.8. The molecule has 3 heteroatoms. The Balaban J connectivity index is 1.73. The number of likely N-dealkylation sites (N-methyl/N-ethyl adjacent to an activating group) is 2. The van der Waals surface area contributed by atoms with Crippen LogP contribution in [0.3, 0.4) is 0 Å². The Hall–Kier alpha value is -1.06. The number of fused-ring (bicyclic) bond motifs is 1. The molecule has 1 unspecified atom stereocenters. The Kier molecular flexibility index (Phi) is 5.04. The van der Waals surface area contributed by atoms with Gasteiger partial charge in [0.05, 0.1) is 0 Å². The van der Waals surface area contributed by atoms with Gasteiger partial charge in [0.25, 0.3) is 0 Å². The summed E-state index contributed by atoms with van der Waals surface area (Å²) >= 11 is 0. The lowest BCUT2D eigenvalue weighted by atomic mass is 9.95. The molecule has 1 aromatic carbocycles. The van der Waals surface area contributed by atoms with Crippen LogP contribution in [0.25, 0.3) is 0 Å². The van der Waals surface area contributed by atoms with Gasteiger partial charge in [-0.25, -0.2) is 0 Å². The zero-order valence-electron chi connectivity index (χ0n) is 14.5. The van der Waals surface area contributed by atoms with Gasteiger partial charge in [-0.05, 0) is 37.6 Å². The van der Waals surface area contributed by atoms with Gasteiger partial charge in [-0.2, -0.15) is 0 Å². The van der Waals surface area contributed by atoms with Crippen molar-refractivity contribution in [2.75, 3.05) is 51.2 Å². The standard InChI is InChI=1S/C19H31N3/c1-4-6-17-15-22(5-2)19-8-7-16(13-18(17)19)14-21-11-9-20(3)10-12-21/h7-8,13,17H,4-6,9-12,14-15H2,1-3H3. The zero-order chi connectivity index (χ0) is 15.5. The quantitative estimate of drug-likeness (QED) is 0.827. The number of anilines is 1. The van der Waals surface area contributed by atoms with E-state index in [9.17, 15) is 0 Å². The van der Waals surface area contributed by atoms with Gasteiger partial charge in [0.2, 0.25) is 0 Å². The second-order valence-electron chi connectivity index (χ2n) is 7.00. The number of hydrogen-bond donors (Lipinski definition) is 0. The van der Waals surface area contributed by atoms with Crippen LogP contribution in [0.1, 0.15) is 43.7 Å². The van der Waals surface area contributed by atoms with Crippen LogP contribution in [-0.2, 0) is 6.54 Å². The minimum absolute atomic E-state index is 0.743. The van der Waals surface area contributed by atoms with E-state index in [0.29, 0.717) is 0 Å². The van der Waals surface area contributed by atoms with E-state index in [2.05, 4.69) is 53.8 Å². The number of benzene rings is 1. The van der Waals surface area contributed by atoms with Gasteiger partial charge in [-0.3, -0.25) is 4.90 Å². The average Bonchev–Trinajstić information content (AvgIpc) is 2.87.